The van der Waals surface area contributed by atoms with Crippen LogP contribution in [0.4, 0.5) is 5.95 Å². The first-order valence-electron chi connectivity index (χ1n) is 8.60. The van der Waals surface area contributed by atoms with Crippen LogP contribution in [0.15, 0.2) is 12.4 Å². The lowest BCUT2D eigenvalue weighted by atomic mass is 9.87. The van der Waals surface area contributed by atoms with Crippen LogP contribution in [0.25, 0.3) is 0 Å². The van der Waals surface area contributed by atoms with Crippen LogP contribution in [0.5, 0.6) is 0 Å². The Bertz CT molecular complexity index is 492. The Labute approximate surface area is 133 Å². The summed E-state index contributed by atoms with van der Waals surface area (Å²) in [6.07, 6.45) is 9.04. The molecule has 0 bridgehead atoms. The Balaban J connectivity index is 1.65. The molecule has 2 aliphatic rings. The molecule has 1 aromatic rings. The van der Waals surface area contributed by atoms with E-state index in [0.717, 1.165) is 55.7 Å². The molecule has 22 heavy (non-hydrogen) atoms. The van der Waals surface area contributed by atoms with Crippen molar-refractivity contribution in [2.75, 3.05) is 18.0 Å². The van der Waals surface area contributed by atoms with Crippen molar-refractivity contribution >= 4 is 5.95 Å². The lowest BCUT2D eigenvalue weighted by Gasteiger charge is -2.34. The smallest absolute Gasteiger partial charge is 0.225 e. The maximum absolute atomic E-state index is 6.48. The molecule has 0 amide bonds. The highest BCUT2D eigenvalue weighted by atomic mass is 15.2. The molecular formula is C17H29N5. The van der Waals surface area contributed by atoms with Gasteiger partial charge in [-0.1, -0.05) is 13.8 Å². The van der Waals surface area contributed by atoms with Gasteiger partial charge in [-0.2, -0.15) is 0 Å². The third-order valence-electron chi connectivity index (χ3n) is 5.57. The molecule has 3 rings (SSSR count). The van der Waals surface area contributed by atoms with Crippen LogP contribution >= 0.6 is 0 Å². The summed E-state index contributed by atoms with van der Waals surface area (Å²) < 4.78 is 0. The van der Waals surface area contributed by atoms with Crippen molar-refractivity contribution in [1.82, 2.24) is 9.97 Å². The highest BCUT2D eigenvalue weighted by Crippen LogP contribution is 2.35. The maximum Gasteiger partial charge on any atom is 0.225 e. The first-order valence-corrected chi connectivity index (χ1v) is 8.60. The second-order valence-electron chi connectivity index (χ2n) is 7.50. The van der Waals surface area contributed by atoms with E-state index in [4.69, 9.17) is 11.5 Å². The summed E-state index contributed by atoms with van der Waals surface area (Å²) in [5.41, 5.74) is 13.2. The van der Waals surface area contributed by atoms with E-state index in [9.17, 15) is 0 Å². The highest BCUT2D eigenvalue weighted by molar-refractivity contribution is 5.32. The number of piperidine rings is 1. The second-order valence-corrected chi connectivity index (χ2v) is 7.50. The van der Waals surface area contributed by atoms with Crippen LogP contribution in [0, 0.1) is 11.8 Å². The van der Waals surface area contributed by atoms with Crippen LogP contribution in [0.3, 0.4) is 0 Å². The predicted octanol–water partition coefficient (Wildman–Crippen LogP) is 2.01. The molecule has 0 spiro atoms. The predicted molar refractivity (Wildman–Crippen MR) is 89.5 cm³/mol. The number of nitrogens with zero attached hydrogens (tertiary/aromatic N) is 3. The zero-order valence-electron chi connectivity index (χ0n) is 13.8. The molecule has 1 saturated carbocycles. The van der Waals surface area contributed by atoms with Gasteiger partial charge in [0.15, 0.2) is 0 Å². The standard InChI is InChI=1S/C17H29N5/c1-12(2)13-4-7-22(8-5-13)16-20-10-14(11-21-16)17(19)6-3-15(18)9-17/h10-13,15H,3-9,18-19H2,1-2H3. The summed E-state index contributed by atoms with van der Waals surface area (Å²) in [5.74, 6) is 2.45. The monoisotopic (exact) mass is 303 g/mol. The Morgan fingerprint density at radius 3 is 2.32 bits per heavy atom. The first kappa shape index (κ1) is 15.7. The summed E-state index contributed by atoms with van der Waals surface area (Å²) in [5, 5.41) is 0. The number of rotatable bonds is 3. The molecule has 2 unspecified atom stereocenters. The van der Waals surface area contributed by atoms with Gasteiger partial charge in [-0.15, -0.1) is 0 Å². The number of anilines is 1. The average molecular weight is 303 g/mol. The normalized spacial score (nSPS) is 30.2. The van der Waals surface area contributed by atoms with Crippen molar-refractivity contribution in [2.24, 2.45) is 23.3 Å². The summed E-state index contributed by atoms with van der Waals surface area (Å²) in [7, 11) is 0. The van der Waals surface area contributed by atoms with Gasteiger partial charge in [-0.3, -0.25) is 0 Å². The van der Waals surface area contributed by atoms with E-state index in [2.05, 4.69) is 28.7 Å². The Morgan fingerprint density at radius 1 is 1.18 bits per heavy atom. The minimum atomic E-state index is -0.331. The zero-order valence-corrected chi connectivity index (χ0v) is 13.8. The topological polar surface area (TPSA) is 81.1 Å². The van der Waals surface area contributed by atoms with Gasteiger partial charge in [0.2, 0.25) is 5.95 Å². The Morgan fingerprint density at radius 2 is 1.82 bits per heavy atom. The number of nitrogens with two attached hydrogens (primary N) is 2. The fourth-order valence-corrected chi connectivity index (χ4v) is 3.88. The fraction of sp³-hybridized carbons (Fsp3) is 0.765. The van der Waals surface area contributed by atoms with Crippen molar-refractivity contribution in [3.8, 4) is 0 Å². The van der Waals surface area contributed by atoms with Gasteiger partial charge in [-0.05, 0) is 43.9 Å². The van der Waals surface area contributed by atoms with Crippen molar-refractivity contribution in [3.05, 3.63) is 18.0 Å². The maximum atomic E-state index is 6.48. The summed E-state index contributed by atoms with van der Waals surface area (Å²) in [4.78, 5) is 11.5. The van der Waals surface area contributed by atoms with Gasteiger partial charge in [0.25, 0.3) is 0 Å². The summed E-state index contributed by atoms with van der Waals surface area (Å²) in [6, 6.07) is 0.208. The molecule has 2 atom stereocenters. The van der Waals surface area contributed by atoms with Crippen LogP contribution in [0.2, 0.25) is 0 Å². The number of hydrogen-bond acceptors (Lipinski definition) is 5. The molecule has 122 valence electrons. The third kappa shape index (κ3) is 3.10. The molecule has 0 aromatic carbocycles. The van der Waals surface area contributed by atoms with Gasteiger partial charge in [-0.25, -0.2) is 9.97 Å². The quantitative estimate of drug-likeness (QED) is 0.893. The van der Waals surface area contributed by atoms with E-state index in [1.165, 1.54) is 12.8 Å². The SMILES string of the molecule is CC(C)C1CCN(c2ncc(C3(N)CCC(N)C3)cn2)CC1. The Hall–Kier alpha value is -1.20. The van der Waals surface area contributed by atoms with Crippen molar-refractivity contribution < 1.29 is 0 Å². The lowest BCUT2D eigenvalue weighted by Crippen LogP contribution is -2.37. The minimum absolute atomic E-state index is 0.208. The molecule has 5 nitrogen and oxygen atoms in total. The van der Waals surface area contributed by atoms with Crippen LogP contribution in [-0.4, -0.2) is 29.1 Å². The van der Waals surface area contributed by atoms with E-state index in [1.54, 1.807) is 0 Å². The summed E-state index contributed by atoms with van der Waals surface area (Å²) in [6.45, 7) is 6.75. The molecule has 5 heteroatoms. The summed E-state index contributed by atoms with van der Waals surface area (Å²) >= 11 is 0. The zero-order chi connectivity index (χ0) is 15.7. The third-order valence-corrected chi connectivity index (χ3v) is 5.57. The molecule has 1 aliphatic carbocycles. The van der Waals surface area contributed by atoms with Crippen molar-refractivity contribution in [2.45, 2.75) is 57.5 Å². The molecule has 1 aromatic heterocycles. The number of hydrogen-bond donors (Lipinski definition) is 2. The van der Waals surface area contributed by atoms with Gasteiger partial charge in [0.05, 0.1) is 0 Å². The van der Waals surface area contributed by atoms with Gasteiger partial charge >= 0.3 is 0 Å². The van der Waals surface area contributed by atoms with Crippen LogP contribution < -0.4 is 16.4 Å². The van der Waals surface area contributed by atoms with Gasteiger partial charge in [0, 0.05) is 42.6 Å². The Kier molecular flexibility index (Phi) is 4.37. The minimum Gasteiger partial charge on any atom is -0.341 e. The lowest BCUT2D eigenvalue weighted by molar-refractivity contribution is 0.310. The van der Waals surface area contributed by atoms with Crippen LogP contribution in [0.1, 0.15) is 51.5 Å². The second kappa shape index (κ2) is 6.13. The average Bonchev–Trinajstić information content (AvgIpc) is 2.88. The van der Waals surface area contributed by atoms with E-state index < -0.39 is 0 Å². The van der Waals surface area contributed by atoms with Gasteiger partial charge < -0.3 is 16.4 Å². The molecule has 2 fully saturated rings. The van der Waals surface area contributed by atoms with E-state index in [1.807, 2.05) is 12.4 Å². The number of aromatic nitrogens is 2. The fourth-order valence-electron chi connectivity index (χ4n) is 3.88. The molecule has 1 saturated heterocycles. The molecular weight excluding hydrogens is 274 g/mol. The molecule has 2 heterocycles. The van der Waals surface area contributed by atoms with E-state index >= 15 is 0 Å². The van der Waals surface area contributed by atoms with Crippen molar-refractivity contribution in [3.63, 3.8) is 0 Å². The van der Waals surface area contributed by atoms with Crippen molar-refractivity contribution in [1.29, 1.82) is 0 Å². The van der Waals surface area contributed by atoms with Crippen LogP contribution in [-0.2, 0) is 5.54 Å². The first-order chi connectivity index (χ1) is 10.5. The van der Waals surface area contributed by atoms with Gasteiger partial charge in [0.1, 0.15) is 0 Å². The largest absolute Gasteiger partial charge is 0.341 e. The van der Waals surface area contributed by atoms with E-state index in [-0.39, 0.29) is 11.6 Å². The molecule has 4 N–H and O–H groups in total. The molecule has 1 aliphatic heterocycles. The highest BCUT2D eigenvalue weighted by Gasteiger charge is 2.36. The van der Waals surface area contributed by atoms with E-state index in [0.29, 0.717) is 0 Å². The molecule has 0 radical (unpaired) electrons.